The van der Waals surface area contributed by atoms with Gasteiger partial charge in [0.25, 0.3) is 0 Å². The van der Waals surface area contributed by atoms with Crippen LogP contribution in [0.3, 0.4) is 0 Å². The van der Waals surface area contributed by atoms with Gasteiger partial charge in [0.05, 0.1) is 0 Å². The molecule has 1 unspecified atom stereocenters. The van der Waals surface area contributed by atoms with Gasteiger partial charge in [-0.2, -0.15) is 34.9 Å². The van der Waals surface area contributed by atoms with E-state index in [-0.39, 0.29) is 24.8 Å². The van der Waals surface area contributed by atoms with Crippen LogP contribution in [-0.2, 0) is 30.7 Å². The van der Waals surface area contributed by atoms with Crippen molar-refractivity contribution in [2.24, 2.45) is 35.0 Å². The van der Waals surface area contributed by atoms with Gasteiger partial charge in [0.2, 0.25) is 0 Å². The summed E-state index contributed by atoms with van der Waals surface area (Å²) < 4.78 is 1.46. The first kappa shape index (κ1) is 37.3. The van der Waals surface area contributed by atoms with E-state index in [4.69, 9.17) is 0 Å². The molecule has 3 aromatic rings. The van der Waals surface area contributed by atoms with Gasteiger partial charge in [0.1, 0.15) is 0 Å². The van der Waals surface area contributed by atoms with Crippen molar-refractivity contribution >= 4 is 3.21 Å². The van der Waals surface area contributed by atoms with Crippen LogP contribution in [0.15, 0.2) is 60.2 Å². The average molecular weight is 729 g/mol. The molecule has 0 saturated heterocycles. The smallest absolute Gasteiger partial charge is 0.0253 e. The molecule has 242 valence electrons. The van der Waals surface area contributed by atoms with Crippen LogP contribution in [0.4, 0.5) is 0 Å². The fraction of sp³-hybridized carbons (Fsp3) is 0.465. The van der Waals surface area contributed by atoms with E-state index >= 15 is 0 Å². The molecule has 46 heavy (non-hydrogen) atoms. The van der Waals surface area contributed by atoms with Crippen molar-refractivity contribution in [3.05, 3.63) is 117 Å². The SMILES string of the molecule is CC1[C-]=CC(C2(C)C3CC4CC(C3)CC2C4)=C1.C[C](=[Zr+2])c1ccc(C)cc1.Cc1[c-]c2c(cc1C)-c1cc(C)c(C)cc1C2.[Cl-].[Cl-]. The zero-order valence-corrected chi connectivity index (χ0v) is 33.1. The molecular weight excluding hydrogens is 679 g/mol. The molecule has 1 atom stereocenters. The second-order valence-corrected chi connectivity index (χ2v) is 16.9. The zero-order valence-electron chi connectivity index (χ0n) is 29.1. The fourth-order valence-corrected chi connectivity index (χ4v) is 9.42. The molecule has 3 heteroatoms. The number of rotatable bonds is 2. The number of benzene rings is 3. The third-order valence-corrected chi connectivity index (χ3v) is 12.6. The van der Waals surface area contributed by atoms with Crippen LogP contribution >= 0.6 is 0 Å². The Kier molecular flexibility index (Phi) is 12.1. The number of aryl methyl sites for hydroxylation is 5. The van der Waals surface area contributed by atoms with E-state index in [0.717, 1.165) is 30.1 Å². The van der Waals surface area contributed by atoms with Gasteiger partial charge in [0, 0.05) is 0 Å². The van der Waals surface area contributed by atoms with E-state index in [2.05, 4.69) is 122 Å². The summed E-state index contributed by atoms with van der Waals surface area (Å²) in [5, 5.41) is 0. The molecule has 4 bridgehead atoms. The van der Waals surface area contributed by atoms with Gasteiger partial charge in [-0.1, -0.05) is 56.7 Å². The van der Waals surface area contributed by atoms with E-state index in [1.807, 2.05) is 0 Å². The molecule has 6 aliphatic rings. The monoisotopic (exact) mass is 726 g/mol. The van der Waals surface area contributed by atoms with Crippen LogP contribution in [0.2, 0.25) is 0 Å². The van der Waals surface area contributed by atoms with E-state index in [9.17, 15) is 0 Å². The average Bonchev–Trinajstić information content (AvgIpc) is 3.56. The largest absolute Gasteiger partial charge is 1.00 e. The summed E-state index contributed by atoms with van der Waals surface area (Å²) in [6.07, 6.45) is 17.0. The summed E-state index contributed by atoms with van der Waals surface area (Å²) in [6, 6.07) is 19.2. The van der Waals surface area contributed by atoms with Crippen molar-refractivity contribution in [2.45, 2.75) is 93.9 Å². The van der Waals surface area contributed by atoms with Crippen LogP contribution in [-0.4, -0.2) is 3.21 Å². The molecule has 4 fully saturated rings. The third-order valence-electron chi connectivity index (χ3n) is 11.9. The molecular formula is C43H50Cl2Zr-2. The Bertz CT molecular complexity index is 1560. The fourth-order valence-electron chi connectivity index (χ4n) is 9.01. The summed E-state index contributed by atoms with van der Waals surface area (Å²) in [5.74, 6) is 4.68. The first-order valence-corrected chi connectivity index (χ1v) is 18.2. The topological polar surface area (TPSA) is 0 Å². The molecule has 0 aliphatic heterocycles. The molecule has 0 heterocycles. The maximum atomic E-state index is 3.54. The minimum atomic E-state index is 0. The van der Waals surface area contributed by atoms with Crippen LogP contribution < -0.4 is 24.8 Å². The van der Waals surface area contributed by atoms with Crippen molar-refractivity contribution in [3.63, 3.8) is 0 Å². The van der Waals surface area contributed by atoms with Gasteiger partial charge in [-0.05, 0) is 92.7 Å². The second kappa shape index (κ2) is 14.9. The molecule has 4 saturated carbocycles. The van der Waals surface area contributed by atoms with Gasteiger partial charge in [-0.15, -0.1) is 11.1 Å². The Morgan fingerprint density at radius 3 is 1.89 bits per heavy atom. The Hall–Kier alpha value is -1.53. The standard InChI is InChI=1S/C17H23.C17H17.C9H10.2ClH.Zr/c1-11-3-4-14(5-11)17(2)15-7-12-6-13(9-15)10-16(17)8-12;1-10-5-14-9-15-6-11(2)13(4)8-17(15)16(14)7-12(10)3;1-3-9-6-4-8(2)5-7-9;;;/h4-5,11-13,15-16H,6-10H2,1-2H3;5,7-8H,9H2,1-4H3;4-7H,1-2H3;2*1H;/q2*-1;;;;+2/p-2. The van der Waals surface area contributed by atoms with Gasteiger partial charge in [-0.25, -0.2) is 6.08 Å². The summed E-state index contributed by atoms with van der Waals surface area (Å²) in [5.41, 5.74) is 15.9. The van der Waals surface area contributed by atoms with Crippen LogP contribution in [0.25, 0.3) is 11.1 Å². The zero-order chi connectivity index (χ0) is 31.3. The normalized spacial score (nSPS) is 27.2. The Balaban J connectivity index is 0.000000159. The molecule has 0 spiro atoms. The summed E-state index contributed by atoms with van der Waals surface area (Å²) >= 11 is 1.51. The van der Waals surface area contributed by atoms with E-state index in [1.165, 1.54) is 109 Å². The van der Waals surface area contributed by atoms with E-state index < -0.39 is 0 Å². The first-order chi connectivity index (χ1) is 20.9. The molecule has 0 radical (unpaired) electrons. The molecule has 0 nitrogen and oxygen atoms in total. The van der Waals surface area contributed by atoms with Gasteiger partial charge < -0.3 is 24.8 Å². The number of hydrogen-bond acceptors (Lipinski definition) is 0. The summed E-state index contributed by atoms with van der Waals surface area (Å²) in [7, 11) is 0. The van der Waals surface area contributed by atoms with Gasteiger partial charge >= 0.3 is 76.7 Å². The van der Waals surface area contributed by atoms with E-state index in [1.54, 1.807) is 12.0 Å². The summed E-state index contributed by atoms with van der Waals surface area (Å²) in [6.45, 7) is 17.8. The van der Waals surface area contributed by atoms with Crippen molar-refractivity contribution in [3.8, 4) is 11.1 Å². The number of allylic oxidation sites excluding steroid dienone is 4. The Morgan fingerprint density at radius 1 is 0.783 bits per heavy atom. The van der Waals surface area contributed by atoms with Gasteiger partial charge in [-0.3, -0.25) is 6.08 Å². The Morgan fingerprint density at radius 2 is 1.35 bits per heavy atom. The van der Waals surface area contributed by atoms with Crippen molar-refractivity contribution in [1.82, 2.24) is 0 Å². The molecule has 3 aromatic carbocycles. The molecule has 0 aromatic heterocycles. The summed E-state index contributed by atoms with van der Waals surface area (Å²) in [4.78, 5) is 0. The number of fused-ring (bicyclic) bond motifs is 3. The predicted octanol–water partition coefficient (Wildman–Crippen LogP) is 4.77. The van der Waals surface area contributed by atoms with Gasteiger partial charge in [0.15, 0.2) is 0 Å². The van der Waals surface area contributed by atoms with E-state index in [0.29, 0.717) is 11.3 Å². The number of halogens is 2. The minimum Gasteiger partial charge on any atom is -1.00 e. The Labute approximate surface area is 307 Å². The minimum absolute atomic E-state index is 0. The number of hydrogen-bond donors (Lipinski definition) is 0. The molecule has 6 aliphatic carbocycles. The van der Waals surface area contributed by atoms with Crippen LogP contribution in [0.5, 0.6) is 0 Å². The molecule has 0 N–H and O–H groups in total. The molecule has 0 amide bonds. The quantitative estimate of drug-likeness (QED) is 0.262. The van der Waals surface area contributed by atoms with Crippen LogP contribution in [0, 0.1) is 81.8 Å². The van der Waals surface area contributed by atoms with Crippen molar-refractivity contribution in [2.75, 3.05) is 0 Å². The molecule has 9 rings (SSSR count). The van der Waals surface area contributed by atoms with Crippen molar-refractivity contribution < 1.29 is 49.0 Å². The maximum Gasteiger partial charge on any atom is -0.0253 e. The van der Waals surface area contributed by atoms with Crippen molar-refractivity contribution in [1.29, 1.82) is 0 Å². The first-order valence-electron chi connectivity index (χ1n) is 17.0. The third kappa shape index (κ3) is 7.38. The van der Waals surface area contributed by atoms with Crippen LogP contribution in [0.1, 0.15) is 97.4 Å². The predicted molar refractivity (Wildman–Crippen MR) is 184 cm³/mol. The second-order valence-electron chi connectivity index (χ2n) is 15.0. The maximum absolute atomic E-state index is 3.54.